The number of nitrogens with one attached hydrogen (secondary N) is 1. The maximum Gasteiger partial charge on any atom is 0.313 e. The van der Waals surface area contributed by atoms with Crippen molar-refractivity contribution < 1.29 is 23.8 Å². The van der Waals surface area contributed by atoms with E-state index in [-0.39, 0.29) is 29.8 Å². The van der Waals surface area contributed by atoms with Crippen LogP contribution in [0.25, 0.3) is 0 Å². The lowest BCUT2D eigenvalue weighted by Gasteiger charge is -2.19. The molecule has 1 aromatic carbocycles. The Morgan fingerprint density at radius 1 is 1.33 bits per heavy atom. The maximum atomic E-state index is 12.0. The third-order valence-electron chi connectivity index (χ3n) is 5.22. The number of hydrogen-bond donors (Lipinski definition) is 1. The molecule has 138 valence electrons. The molecule has 2 aliphatic heterocycles. The number of aromatic nitrogens is 1. The minimum atomic E-state index is -0.225. The largest absolute Gasteiger partial charge is 0.489 e. The van der Waals surface area contributed by atoms with E-state index in [0.717, 1.165) is 16.9 Å². The van der Waals surface area contributed by atoms with Gasteiger partial charge in [0.25, 0.3) is 0 Å². The lowest BCUT2D eigenvalue weighted by Crippen LogP contribution is -2.20. The standard InChI is InChI=1S/C20H18N2O5/c1-2-25-20(24)17-16-12-9-10(3-5-13(12)27-18(16)17)26-14-7-8-21-19-11(14)4-6-15(23)22-19/h3,5,7-9,16-18H,2,4,6H2,1H3,(H,21,22,23)/t16-,17?,18-/m0/s1. The summed E-state index contributed by atoms with van der Waals surface area (Å²) in [5.41, 5.74) is 1.87. The number of carbonyl (C=O) groups is 2. The number of benzene rings is 1. The molecule has 1 aliphatic carbocycles. The molecule has 1 saturated carbocycles. The van der Waals surface area contributed by atoms with Crippen molar-refractivity contribution in [1.29, 1.82) is 0 Å². The SMILES string of the molecule is CCOC(=O)C1[C@H]2Oc3ccc(Oc4ccnc5c4CCC(=O)N5)cc3[C@@H]12. The van der Waals surface area contributed by atoms with Gasteiger partial charge in [-0.15, -0.1) is 0 Å². The molecule has 3 atom stereocenters. The molecule has 1 amide bonds. The number of amides is 1. The summed E-state index contributed by atoms with van der Waals surface area (Å²) in [4.78, 5) is 27.8. The van der Waals surface area contributed by atoms with E-state index in [9.17, 15) is 9.59 Å². The fourth-order valence-corrected chi connectivity index (χ4v) is 3.90. The molecule has 0 saturated heterocycles. The zero-order valence-electron chi connectivity index (χ0n) is 14.7. The van der Waals surface area contributed by atoms with E-state index in [4.69, 9.17) is 14.2 Å². The number of pyridine rings is 1. The summed E-state index contributed by atoms with van der Waals surface area (Å²) in [5, 5.41) is 2.77. The predicted octanol–water partition coefficient (Wildman–Crippen LogP) is 2.80. The quantitative estimate of drug-likeness (QED) is 0.838. The van der Waals surface area contributed by atoms with Gasteiger partial charge in [0.05, 0.1) is 6.61 Å². The lowest BCUT2D eigenvalue weighted by molar-refractivity contribution is -0.145. The number of fused-ring (bicyclic) bond motifs is 4. The second-order valence-corrected chi connectivity index (χ2v) is 6.87. The first-order chi connectivity index (χ1) is 13.2. The van der Waals surface area contributed by atoms with Gasteiger partial charge in [0.2, 0.25) is 5.91 Å². The number of ether oxygens (including phenoxy) is 3. The van der Waals surface area contributed by atoms with E-state index in [1.807, 2.05) is 18.2 Å². The molecule has 0 bridgehead atoms. The number of esters is 1. The first-order valence-electron chi connectivity index (χ1n) is 9.08. The Balaban J connectivity index is 1.39. The maximum absolute atomic E-state index is 12.0. The van der Waals surface area contributed by atoms with Gasteiger partial charge in [-0.2, -0.15) is 0 Å². The molecule has 3 aliphatic rings. The molecule has 27 heavy (non-hydrogen) atoms. The number of hydrogen-bond acceptors (Lipinski definition) is 6. The topological polar surface area (TPSA) is 86.8 Å². The van der Waals surface area contributed by atoms with Crippen molar-refractivity contribution in [3.63, 3.8) is 0 Å². The van der Waals surface area contributed by atoms with Gasteiger partial charge in [0.1, 0.15) is 35.1 Å². The third-order valence-corrected chi connectivity index (χ3v) is 5.22. The van der Waals surface area contributed by atoms with E-state index in [1.165, 1.54) is 0 Å². The van der Waals surface area contributed by atoms with Crippen molar-refractivity contribution >= 4 is 17.7 Å². The van der Waals surface area contributed by atoms with E-state index < -0.39 is 0 Å². The molecule has 0 radical (unpaired) electrons. The smallest absolute Gasteiger partial charge is 0.313 e. The van der Waals surface area contributed by atoms with Gasteiger partial charge in [0, 0.05) is 29.7 Å². The Bertz CT molecular complexity index is 957. The molecule has 1 fully saturated rings. The summed E-state index contributed by atoms with van der Waals surface area (Å²) in [6.45, 7) is 2.17. The van der Waals surface area contributed by atoms with Crippen LogP contribution in [0.1, 0.15) is 30.4 Å². The van der Waals surface area contributed by atoms with Gasteiger partial charge >= 0.3 is 5.97 Å². The molecular weight excluding hydrogens is 348 g/mol. The molecule has 1 N–H and O–H groups in total. The summed E-state index contributed by atoms with van der Waals surface area (Å²) < 4.78 is 17.1. The summed E-state index contributed by atoms with van der Waals surface area (Å²) in [7, 11) is 0. The van der Waals surface area contributed by atoms with Gasteiger partial charge in [0.15, 0.2) is 0 Å². The van der Waals surface area contributed by atoms with Crippen LogP contribution in [0.2, 0.25) is 0 Å². The third kappa shape index (κ3) is 2.61. The van der Waals surface area contributed by atoms with Crippen molar-refractivity contribution in [2.24, 2.45) is 5.92 Å². The Hall–Kier alpha value is -3.09. The van der Waals surface area contributed by atoms with Gasteiger partial charge in [-0.1, -0.05) is 0 Å². The molecule has 1 unspecified atom stereocenters. The van der Waals surface area contributed by atoms with Crippen LogP contribution >= 0.6 is 0 Å². The lowest BCUT2D eigenvalue weighted by atomic mass is 10.1. The number of carbonyl (C=O) groups excluding carboxylic acids is 2. The van der Waals surface area contributed by atoms with Crippen molar-refractivity contribution in [1.82, 2.24) is 4.98 Å². The second kappa shape index (κ2) is 5.97. The van der Waals surface area contributed by atoms with Crippen LogP contribution < -0.4 is 14.8 Å². The minimum absolute atomic E-state index is 0.0354. The Morgan fingerprint density at radius 3 is 3.07 bits per heavy atom. The molecule has 7 nitrogen and oxygen atoms in total. The highest BCUT2D eigenvalue weighted by Gasteiger charge is 2.63. The van der Waals surface area contributed by atoms with E-state index >= 15 is 0 Å². The number of anilines is 1. The van der Waals surface area contributed by atoms with Crippen LogP contribution in [0, 0.1) is 5.92 Å². The molecule has 1 aromatic heterocycles. The Kier molecular flexibility index (Phi) is 3.56. The van der Waals surface area contributed by atoms with Gasteiger partial charge in [-0.3, -0.25) is 9.59 Å². The Morgan fingerprint density at radius 2 is 2.22 bits per heavy atom. The van der Waals surface area contributed by atoms with Crippen LogP contribution in [0.3, 0.4) is 0 Å². The van der Waals surface area contributed by atoms with E-state index in [2.05, 4.69) is 10.3 Å². The monoisotopic (exact) mass is 366 g/mol. The first kappa shape index (κ1) is 16.1. The molecule has 5 rings (SSSR count). The summed E-state index contributed by atoms with van der Waals surface area (Å²) in [6, 6.07) is 7.43. The second-order valence-electron chi connectivity index (χ2n) is 6.87. The minimum Gasteiger partial charge on any atom is -0.489 e. The molecular formula is C20H18N2O5. The fourth-order valence-electron chi connectivity index (χ4n) is 3.90. The Labute approximate surface area is 155 Å². The zero-order chi connectivity index (χ0) is 18.5. The summed E-state index contributed by atoms with van der Waals surface area (Å²) in [5.74, 6) is 2.26. The van der Waals surface area contributed by atoms with Gasteiger partial charge in [-0.25, -0.2) is 4.98 Å². The first-order valence-corrected chi connectivity index (χ1v) is 9.08. The average Bonchev–Trinajstić information content (AvgIpc) is 3.25. The molecule has 7 heteroatoms. The molecule has 3 heterocycles. The van der Waals surface area contributed by atoms with Crippen molar-refractivity contribution in [3.8, 4) is 17.2 Å². The van der Waals surface area contributed by atoms with Crippen LogP contribution in [-0.2, 0) is 20.7 Å². The summed E-state index contributed by atoms with van der Waals surface area (Å²) >= 11 is 0. The van der Waals surface area contributed by atoms with E-state index in [0.29, 0.717) is 36.8 Å². The normalized spacial score (nSPS) is 24.0. The number of nitrogens with zero attached hydrogens (tertiary/aromatic N) is 1. The molecule has 2 aromatic rings. The highest BCUT2D eigenvalue weighted by molar-refractivity contribution is 5.93. The van der Waals surface area contributed by atoms with Crippen LogP contribution in [0.15, 0.2) is 30.5 Å². The van der Waals surface area contributed by atoms with Crippen molar-refractivity contribution in [2.75, 3.05) is 11.9 Å². The summed E-state index contributed by atoms with van der Waals surface area (Å²) in [6.07, 6.45) is 2.49. The molecule has 0 spiro atoms. The highest BCUT2D eigenvalue weighted by atomic mass is 16.5. The predicted molar refractivity (Wildman–Crippen MR) is 95.0 cm³/mol. The van der Waals surface area contributed by atoms with Crippen molar-refractivity contribution in [3.05, 3.63) is 41.6 Å². The average molecular weight is 366 g/mol. The van der Waals surface area contributed by atoms with Crippen LogP contribution in [0.4, 0.5) is 5.82 Å². The van der Waals surface area contributed by atoms with Crippen molar-refractivity contribution in [2.45, 2.75) is 31.8 Å². The highest BCUT2D eigenvalue weighted by Crippen LogP contribution is 2.59. The van der Waals surface area contributed by atoms with Crippen LogP contribution in [0.5, 0.6) is 17.2 Å². The number of rotatable bonds is 4. The van der Waals surface area contributed by atoms with Crippen LogP contribution in [-0.4, -0.2) is 29.6 Å². The van der Waals surface area contributed by atoms with Gasteiger partial charge in [-0.05, 0) is 37.6 Å². The fraction of sp³-hybridized carbons (Fsp3) is 0.350. The van der Waals surface area contributed by atoms with Gasteiger partial charge < -0.3 is 19.5 Å². The van der Waals surface area contributed by atoms with E-state index in [1.54, 1.807) is 19.2 Å². The zero-order valence-corrected chi connectivity index (χ0v) is 14.7.